The quantitative estimate of drug-likeness (QED) is 0.754. The molecule has 0 aliphatic rings. The zero-order chi connectivity index (χ0) is 9.52. The smallest absolute Gasteiger partial charge is 0.0638 e. The number of aromatic nitrogens is 1. The van der Waals surface area contributed by atoms with Gasteiger partial charge < -0.3 is 5.32 Å². The molecular weight excluding hydrogens is 162 g/mol. The van der Waals surface area contributed by atoms with Crippen molar-refractivity contribution < 1.29 is 0 Å². The molecule has 0 aliphatic heterocycles. The molecule has 1 heterocycles. The maximum atomic E-state index is 8.43. The molecule has 0 saturated heterocycles. The molecule has 3 heteroatoms. The van der Waals surface area contributed by atoms with Crippen molar-refractivity contribution in [1.82, 2.24) is 10.3 Å². The third-order valence-electron chi connectivity index (χ3n) is 1.77. The molecule has 1 rings (SSSR count). The van der Waals surface area contributed by atoms with Gasteiger partial charge in [0.25, 0.3) is 0 Å². The average Bonchev–Trinajstić information content (AvgIpc) is 2.17. The predicted octanol–water partition coefficient (Wildman–Crippen LogP) is 1.47. The first-order chi connectivity index (χ1) is 6.33. The van der Waals surface area contributed by atoms with Crippen LogP contribution in [0.2, 0.25) is 0 Å². The highest BCUT2D eigenvalue weighted by atomic mass is 14.9. The Hall–Kier alpha value is -1.40. The average molecular weight is 175 g/mol. The van der Waals surface area contributed by atoms with Gasteiger partial charge in [0.15, 0.2) is 0 Å². The molecular formula is C10H13N3. The number of nitrogens with zero attached hydrogens (tertiary/aromatic N) is 2. The van der Waals surface area contributed by atoms with Gasteiger partial charge in [-0.1, -0.05) is 6.07 Å². The molecule has 1 aromatic heterocycles. The summed E-state index contributed by atoms with van der Waals surface area (Å²) in [6, 6.07) is 6.29. The third-order valence-corrected chi connectivity index (χ3v) is 1.77. The molecule has 0 spiro atoms. The van der Waals surface area contributed by atoms with Crippen molar-refractivity contribution in [2.45, 2.75) is 25.9 Å². The molecule has 1 aromatic rings. The molecule has 1 atom stereocenters. The number of pyridine rings is 1. The van der Waals surface area contributed by atoms with E-state index in [-0.39, 0.29) is 6.04 Å². The van der Waals surface area contributed by atoms with Crippen LogP contribution in [0.5, 0.6) is 0 Å². The van der Waals surface area contributed by atoms with Gasteiger partial charge in [0.2, 0.25) is 0 Å². The summed E-state index contributed by atoms with van der Waals surface area (Å²) < 4.78 is 0. The summed E-state index contributed by atoms with van der Waals surface area (Å²) >= 11 is 0. The Morgan fingerprint density at radius 3 is 3.15 bits per heavy atom. The van der Waals surface area contributed by atoms with Gasteiger partial charge in [-0.25, -0.2) is 0 Å². The Morgan fingerprint density at radius 1 is 1.69 bits per heavy atom. The van der Waals surface area contributed by atoms with Crippen LogP contribution in [-0.2, 0) is 6.54 Å². The highest BCUT2D eigenvalue weighted by Crippen LogP contribution is 1.96. The number of hydrogen-bond acceptors (Lipinski definition) is 3. The summed E-state index contributed by atoms with van der Waals surface area (Å²) in [5, 5.41) is 11.7. The van der Waals surface area contributed by atoms with E-state index in [4.69, 9.17) is 5.26 Å². The van der Waals surface area contributed by atoms with Crippen LogP contribution < -0.4 is 5.32 Å². The molecule has 3 nitrogen and oxygen atoms in total. The van der Waals surface area contributed by atoms with Crippen molar-refractivity contribution in [3.8, 4) is 6.07 Å². The highest BCUT2D eigenvalue weighted by Gasteiger charge is 1.99. The normalized spacial score (nSPS) is 12.0. The van der Waals surface area contributed by atoms with Crippen LogP contribution in [0.25, 0.3) is 0 Å². The lowest BCUT2D eigenvalue weighted by molar-refractivity contribution is 0.556. The molecule has 1 unspecified atom stereocenters. The Morgan fingerprint density at radius 2 is 2.54 bits per heavy atom. The van der Waals surface area contributed by atoms with Crippen LogP contribution in [0.15, 0.2) is 24.5 Å². The molecule has 0 fully saturated rings. The summed E-state index contributed by atoms with van der Waals surface area (Å²) in [5.41, 5.74) is 1.15. The van der Waals surface area contributed by atoms with Gasteiger partial charge in [-0.3, -0.25) is 4.98 Å². The molecule has 0 amide bonds. The zero-order valence-corrected chi connectivity index (χ0v) is 7.70. The molecule has 13 heavy (non-hydrogen) atoms. The van der Waals surface area contributed by atoms with E-state index in [1.807, 2.05) is 25.3 Å². The first-order valence-electron chi connectivity index (χ1n) is 4.32. The van der Waals surface area contributed by atoms with E-state index in [1.54, 1.807) is 6.20 Å². The van der Waals surface area contributed by atoms with Gasteiger partial charge in [0, 0.05) is 25.0 Å². The van der Waals surface area contributed by atoms with Gasteiger partial charge in [-0.2, -0.15) is 5.26 Å². The third kappa shape index (κ3) is 3.68. The van der Waals surface area contributed by atoms with Crippen LogP contribution in [-0.4, -0.2) is 11.0 Å². The highest BCUT2D eigenvalue weighted by molar-refractivity contribution is 5.07. The maximum absolute atomic E-state index is 8.43. The SMILES string of the molecule is CC(CC#N)NCc1cccnc1. The molecule has 68 valence electrons. The second-order valence-corrected chi connectivity index (χ2v) is 3.01. The van der Waals surface area contributed by atoms with E-state index < -0.39 is 0 Å². The number of nitrogens with one attached hydrogen (secondary N) is 1. The summed E-state index contributed by atoms with van der Waals surface area (Å²) in [5.74, 6) is 0. The molecule has 0 aliphatic carbocycles. The lowest BCUT2D eigenvalue weighted by atomic mass is 10.2. The molecule has 0 radical (unpaired) electrons. The number of hydrogen-bond donors (Lipinski definition) is 1. The van der Waals surface area contributed by atoms with Crippen molar-refractivity contribution in [2.75, 3.05) is 0 Å². The fraction of sp³-hybridized carbons (Fsp3) is 0.400. The second kappa shape index (κ2) is 5.28. The molecule has 1 N–H and O–H groups in total. The molecule has 0 saturated carbocycles. The number of nitriles is 1. The first kappa shape index (κ1) is 9.69. The molecule has 0 bridgehead atoms. The van der Waals surface area contributed by atoms with Crippen LogP contribution in [0.4, 0.5) is 0 Å². The van der Waals surface area contributed by atoms with Gasteiger partial charge in [0.1, 0.15) is 0 Å². The minimum absolute atomic E-state index is 0.241. The van der Waals surface area contributed by atoms with Gasteiger partial charge in [-0.05, 0) is 18.6 Å². The van der Waals surface area contributed by atoms with Gasteiger partial charge in [-0.15, -0.1) is 0 Å². The Labute approximate surface area is 78.4 Å². The van der Waals surface area contributed by atoms with Crippen molar-refractivity contribution in [3.05, 3.63) is 30.1 Å². The van der Waals surface area contributed by atoms with E-state index in [2.05, 4.69) is 16.4 Å². The summed E-state index contributed by atoms with van der Waals surface area (Å²) in [6.07, 6.45) is 4.12. The van der Waals surface area contributed by atoms with E-state index in [1.165, 1.54) is 0 Å². The van der Waals surface area contributed by atoms with E-state index >= 15 is 0 Å². The largest absolute Gasteiger partial charge is 0.309 e. The lowest BCUT2D eigenvalue weighted by Gasteiger charge is -2.09. The lowest BCUT2D eigenvalue weighted by Crippen LogP contribution is -2.24. The van der Waals surface area contributed by atoms with Gasteiger partial charge in [0.05, 0.1) is 12.5 Å². The van der Waals surface area contributed by atoms with Crippen LogP contribution >= 0.6 is 0 Å². The van der Waals surface area contributed by atoms with E-state index in [0.717, 1.165) is 12.1 Å². The fourth-order valence-electron chi connectivity index (χ4n) is 1.00. The maximum Gasteiger partial charge on any atom is 0.0638 e. The van der Waals surface area contributed by atoms with Gasteiger partial charge >= 0.3 is 0 Å². The number of rotatable bonds is 4. The Balaban J connectivity index is 2.32. The molecule has 0 aromatic carbocycles. The topological polar surface area (TPSA) is 48.7 Å². The second-order valence-electron chi connectivity index (χ2n) is 3.01. The van der Waals surface area contributed by atoms with Crippen molar-refractivity contribution >= 4 is 0 Å². The van der Waals surface area contributed by atoms with Crippen molar-refractivity contribution in [3.63, 3.8) is 0 Å². The van der Waals surface area contributed by atoms with Crippen LogP contribution in [0, 0.1) is 11.3 Å². The van der Waals surface area contributed by atoms with E-state index in [9.17, 15) is 0 Å². The minimum atomic E-state index is 0.241. The summed E-state index contributed by atoms with van der Waals surface area (Å²) in [6.45, 7) is 2.77. The standard InChI is InChI=1S/C10H13N3/c1-9(4-5-11)13-8-10-3-2-6-12-7-10/h2-3,6-7,9,13H,4,8H2,1H3. The van der Waals surface area contributed by atoms with Crippen LogP contribution in [0.3, 0.4) is 0 Å². The minimum Gasteiger partial charge on any atom is -0.309 e. The first-order valence-corrected chi connectivity index (χ1v) is 4.32. The summed E-state index contributed by atoms with van der Waals surface area (Å²) in [7, 11) is 0. The summed E-state index contributed by atoms with van der Waals surface area (Å²) in [4.78, 5) is 4.00. The monoisotopic (exact) mass is 175 g/mol. The van der Waals surface area contributed by atoms with E-state index in [0.29, 0.717) is 6.42 Å². The predicted molar refractivity (Wildman–Crippen MR) is 50.8 cm³/mol. The Bertz CT molecular complexity index is 276. The van der Waals surface area contributed by atoms with Crippen LogP contribution in [0.1, 0.15) is 18.9 Å². The Kier molecular flexibility index (Phi) is 3.94. The van der Waals surface area contributed by atoms with Crippen molar-refractivity contribution in [1.29, 1.82) is 5.26 Å². The van der Waals surface area contributed by atoms with Crippen molar-refractivity contribution in [2.24, 2.45) is 0 Å². The fourth-order valence-corrected chi connectivity index (χ4v) is 1.00. The zero-order valence-electron chi connectivity index (χ0n) is 7.70.